The number of nitrogens with zero attached hydrogens (tertiary/aromatic N) is 1. The Morgan fingerprint density at radius 1 is 1.32 bits per heavy atom. The normalized spacial score (nSPS) is 23.4. The molecule has 1 saturated carbocycles. The van der Waals surface area contributed by atoms with E-state index in [0.717, 1.165) is 18.9 Å². The van der Waals surface area contributed by atoms with Crippen molar-refractivity contribution in [2.45, 2.75) is 52.0 Å². The molecule has 2 heteroatoms. The topological polar surface area (TPSA) is 29.3 Å². The third-order valence-electron chi connectivity index (χ3n) is 4.53. The first-order valence-electron chi connectivity index (χ1n) is 7.64. The van der Waals surface area contributed by atoms with Crippen molar-refractivity contribution < 1.29 is 0 Å². The van der Waals surface area contributed by atoms with Gasteiger partial charge in [0.25, 0.3) is 0 Å². The van der Waals surface area contributed by atoms with Gasteiger partial charge in [0.2, 0.25) is 0 Å². The highest BCUT2D eigenvalue weighted by Crippen LogP contribution is 2.31. The number of nitrogens with two attached hydrogens (primary N) is 1. The lowest BCUT2D eigenvalue weighted by molar-refractivity contribution is 0.336. The molecule has 0 heterocycles. The highest BCUT2D eigenvalue weighted by atomic mass is 15.1. The molecule has 0 aromatic heterocycles. The second-order valence-electron chi connectivity index (χ2n) is 6.20. The molecule has 1 aliphatic rings. The summed E-state index contributed by atoms with van der Waals surface area (Å²) in [6.07, 6.45) is 6.43. The van der Waals surface area contributed by atoms with Crippen LogP contribution in [0.15, 0.2) is 18.2 Å². The van der Waals surface area contributed by atoms with E-state index in [-0.39, 0.29) is 0 Å². The minimum Gasteiger partial charge on any atom is -0.371 e. The third-order valence-corrected chi connectivity index (χ3v) is 4.53. The van der Waals surface area contributed by atoms with Crippen molar-refractivity contribution >= 4 is 5.69 Å². The van der Waals surface area contributed by atoms with Gasteiger partial charge in [-0.05, 0) is 55.8 Å². The van der Waals surface area contributed by atoms with Crippen LogP contribution in [0.5, 0.6) is 0 Å². The fourth-order valence-corrected chi connectivity index (χ4v) is 3.39. The van der Waals surface area contributed by atoms with Crippen molar-refractivity contribution in [3.8, 4) is 0 Å². The average molecular weight is 260 g/mol. The molecule has 0 radical (unpaired) electrons. The lowest BCUT2D eigenvalue weighted by Crippen LogP contribution is -2.35. The fraction of sp³-hybridized carbons (Fsp3) is 0.647. The van der Waals surface area contributed by atoms with Gasteiger partial charge in [-0.2, -0.15) is 0 Å². The first-order valence-corrected chi connectivity index (χ1v) is 7.64. The summed E-state index contributed by atoms with van der Waals surface area (Å²) in [6.45, 7) is 5.34. The van der Waals surface area contributed by atoms with Crippen LogP contribution < -0.4 is 10.6 Å². The van der Waals surface area contributed by atoms with E-state index >= 15 is 0 Å². The smallest absolute Gasteiger partial charge is 0.0396 e. The Bertz CT molecular complexity index is 414. The van der Waals surface area contributed by atoms with Crippen LogP contribution in [0, 0.1) is 12.8 Å². The molecular formula is C17H28N2. The Labute approximate surface area is 118 Å². The van der Waals surface area contributed by atoms with E-state index in [0.29, 0.717) is 6.04 Å². The summed E-state index contributed by atoms with van der Waals surface area (Å²) >= 11 is 0. The van der Waals surface area contributed by atoms with E-state index in [2.05, 4.69) is 44.0 Å². The first kappa shape index (κ1) is 14.4. The zero-order chi connectivity index (χ0) is 13.8. The number of rotatable bonds is 4. The van der Waals surface area contributed by atoms with Crippen LogP contribution in [0.25, 0.3) is 0 Å². The SMILES string of the molecule is Cc1cc(CCN)ccc1N(C)C1CCCC(C)C1. The van der Waals surface area contributed by atoms with E-state index < -0.39 is 0 Å². The Kier molecular flexibility index (Phi) is 4.87. The van der Waals surface area contributed by atoms with E-state index in [1.807, 2.05) is 0 Å². The van der Waals surface area contributed by atoms with Gasteiger partial charge in [0.05, 0.1) is 0 Å². The largest absolute Gasteiger partial charge is 0.371 e. The van der Waals surface area contributed by atoms with Crippen molar-refractivity contribution in [2.75, 3.05) is 18.5 Å². The number of anilines is 1. The molecule has 19 heavy (non-hydrogen) atoms. The van der Waals surface area contributed by atoms with Gasteiger partial charge >= 0.3 is 0 Å². The van der Waals surface area contributed by atoms with Crippen LogP contribution in [0.2, 0.25) is 0 Å². The molecule has 1 aliphatic carbocycles. The fourth-order valence-electron chi connectivity index (χ4n) is 3.39. The Balaban J connectivity index is 2.12. The summed E-state index contributed by atoms with van der Waals surface area (Å²) in [5.41, 5.74) is 9.76. The first-order chi connectivity index (χ1) is 9.11. The number of hydrogen-bond acceptors (Lipinski definition) is 2. The summed E-state index contributed by atoms with van der Waals surface area (Å²) in [6, 6.07) is 7.52. The lowest BCUT2D eigenvalue weighted by atomic mass is 9.86. The molecule has 2 nitrogen and oxygen atoms in total. The van der Waals surface area contributed by atoms with Gasteiger partial charge in [0.15, 0.2) is 0 Å². The summed E-state index contributed by atoms with van der Waals surface area (Å²) in [5, 5.41) is 0. The highest BCUT2D eigenvalue weighted by Gasteiger charge is 2.23. The van der Waals surface area contributed by atoms with Crippen molar-refractivity contribution in [2.24, 2.45) is 11.7 Å². The maximum Gasteiger partial charge on any atom is 0.0396 e. The maximum atomic E-state index is 5.63. The monoisotopic (exact) mass is 260 g/mol. The van der Waals surface area contributed by atoms with Crippen molar-refractivity contribution in [1.82, 2.24) is 0 Å². The molecule has 1 aromatic rings. The highest BCUT2D eigenvalue weighted by molar-refractivity contribution is 5.54. The van der Waals surface area contributed by atoms with Gasteiger partial charge < -0.3 is 10.6 Å². The molecule has 2 rings (SSSR count). The van der Waals surface area contributed by atoms with E-state index in [1.165, 1.54) is 42.5 Å². The quantitative estimate of drug-likeness (QED) is 0.897. The number of hydrogen-bond donors (Lipinski definition) is 1. The predicted molar refractivity (Wildman–Crippen MR) is 83.8 cm³/mol. The minimum absolute atomic E-state index is 0.711. The Morgan fingerprint density at radius 3 is 2.74 bits per heavy atom. The minimum atomic E-state index is 0.711. The van der Waals surface area contributed by atoms with Crippen LogP contribution in [0.4, 0.5) is 5.69 Å². The van der Waals surface area contributed by atoms with Gasteiger partial charge in [-0.3, -0.25) is 0 Å². The molecule has 0 aliphatic heterocycles. The predicted octanol–water partition coefficient (Wildman–Crippen LogP) is 3.51. The zero-order valence-corrected chi connectivity index (χ0v) is 12.7. The standard InChI is InChI=1S/C17H28N2/c1-13-5-4-6-16(11-13)19(3)17-8-7-15(9-10-18)12-14(17)2/h7-8,12-13,16H,4-6,9-11,18H2,1-3H3. The Morgan fingerprint density at radius 2 is 2.11 bits per heavy atom. The van der Waals surface area contributed by atoms with Crippen molar-refractivity contribution in [3.05, 3.63) is 29.3 Å². The summed E-state index contributed by atoms with van der Waals surface area (Å²) < 4.78 is 0. The van der Waals surface area contributed by atoms with Gasteiger partial charge in [-0.25, -0.2) is 0 Å². The van der Waals surface area contributed by atoms with Gasteiger partial charge in [-0.1, -0.05) is 31.9 Å². The van der Waals surface area contributed by atoms with Crippen LogP contribution >= 0.6 is 0 Å². The molecular weight excluding hydrogens is 232 g/mol. The van der Waals surface area contributed by atoms with Crippen LogP contribution in [0.3, 0.4) is 0 Å². The number of aryl methyl sites for hydroxylation is 1. The molecule has 106 valence electrons. The summed E-state index contributed by atoms with van der Waals surface area (Å²) in [7, 11) is 2.26. The van der Waals surface area contributed by atoms with Crippen molar-refractivity contribution in [1.29, 1.82) is 0 Å². The van der Waals surface area contributed by atoms with E-state index in [1.54, 1.807) is 0 Å². The molecule has 0 bridgehead atoms. The lowest BCUT2D eigenvalue weighted by Gasteiger charge is -2.36. The molecule has 1 fully saturated rings. The molecule has 0 amide bonds. The number of benzene rings is 1. The van der Waals surface area contributed by atoms with Crippen LogP contribution in [-0.4, -0.2) is 19.6 Å². The molecule has 1 aromatic carbocycles. The van der Waals surface area contributed by atoms with Crippen LogP contribution in [0.1, 0.15) is 43.7 Å². The maximum absolute atomic E-state index is 5.63. The van der Waals surface area contributed by atoms with Crippen LogP contribution in [-0.2, 0) is 6.42 Å². The molecule has 2 unspecified atom stereocenters. The van der Waals surface area contributed by atoms with Gasteiger partial charge in [0.1, 0.15) is 0 Å². The molecule has 0 spiro atoms. The second kappa shape index (κ2) is 6.42. The van der Waals surface area contributed by atoms with Gasteiger partial charge in [-0.15, -0.1) is 0 Å². The second-order valence-corrected chi connectivity index (χ2v) is 6.20. The molecule has 0 saturated heterocycles. The molecule has 2 atom stereocenters. The molecule has 2 N–H and O–H groups in total. The summed E-state index contributed by atoms with van der Waals surface area (Å²) in [5.74, 6) is 0.873. The van der Waals surface area contributed by atoms with Gasteiger partial charge in [0, 0.05) is 18.8 Å². The summed E-state index contributed by atoms with van der Waals surface area (Å²) in [4.78, 5) is 2.50. The zero-order valence-electron chi connectivity index (χ0n) is 12.7. The average Bonchev–Trinajstić information content (AvgIpc) is 2.38. The Hall–Kier alpha value is -1.02. The van der Waals surface area contributed by atoms with Crippen molar-refractivity contribution in [3.63, 3.8) is 0 Å². The van der Waals surface area contributed by atoms with E-state index in [4.69, 9.17) is 5.73 Å². The third kappa shape index (κ3) is 3.50. The van der Waals surface area contributed by atoms with E-state index in [9.17, 15) is 0 Å².